The molecule has 0 aromatic rings. The molecule has 0 N–H and O–H groups in total. The highest BCUT2D eigenvalue weighted by atomic mass is 16.7. The van der Waals surface area contributed by atoms with Crippen LogP contribution in [0.3, 0.4) is 0 Å². The lowest BCUT2D eigenvalue weighted by Gasteiger charge is -2.26. The minimum atomic E-state index is -0.590. The van der Waals surface area contributed by atoms with Gasteiger partial charge < -0.3 is 9.47 Å². The molecule has 2 nitrogen and oxygen atoms in total. The van der Waals surface area contributed by atoms with E-state index in [-0.39, 0.29) is 0 Å². The Bertz CT molecular complexity index is 296. The highest BCUT2D eigenvalue weighted by Gasteiger charge is 2.37. The Labute approximate surface area is 98.6 Å². The van der Waals surface area contributed by atoms with Gasteiger partial charge in [-0.05, 0) is 37.0 Å². The highest BCUT2D eigenvalue weighted by molar-refractivity contribution is 5.41. The Morgan fingerprint density at radius 1 is 1.44 bits per heavy atom. The number of ether oxygens (including phenoxy) is 2. The van der Waals surface area contributed by atoms with E-state index in [1.807, 2.05) is 19.9 Å². The Morgan fingerprint density at radius 2 is 2.00 bits per heavy atom. The summed E-state index contributed by atoms with van der Waals surface area (Å²) in [7, 11) is 0. The fourth-order valence-corrected chi connectivity index (χ4v) is 2.09. The molecule has 0 fully saturated rings. The molecule has 16 heavy (non-hydrogen) atoms. The van der Waals surface area contributed by atoms with Gasteiger partial charge >= 0.3 is 0 Å². The van der Waals surface area contributed by atoms with E-state index in [4.69, 9.17) is 9.47 Å². The highest BCUT2D eigenvalue weighted by Crippen LogP contribution is 2.39. The normalized spacial score (nSPS) is 20.7. The van der Waals surface area contributed by atoms with Crippen molar-refractivity contribution in [3.8, 4) is 0 Å². The predicted molar refractivity (Wildman–Crippen MR) is 67.2 cm³/mol. The SMILES string of the molecule is C=CC(C)C1=CC(OCC)(OCC)CC1=C. The molecule has 1 rings (SSSR count). The van der Waals surface area contributed by atoms with Gasteiger partial charge in [0.15, 0.2) is 5.79 Å². The molecule has 90 valence electrons. The van der Waals surface area contributed by atoms with Crippen LogP contribution in [0.5, 0.6) is 0 Å². The van der Waals surface area contributed by atoms with Crippen LogP contribution in [0, 0.1) is 5.92 Å². The van der Waals surface area contributed by atoms with Crippen LogP contribution in [0.25, 0.3) is 0 Å². The van der Waals surface area contributed by atoms with Gasteiger partial charge in [0.2, 0.25) is 0 Å². The van der Waals surface area contributed by atoms with Crippen molar-refractivity contribution in [2.45, 2.75) is 33.0 Å². The predicted octanol–water partition coefficient (Wildman–Crippen LogP) is 3.46. The van der Waals surface area contributed by atoms with Crippen molar-refractivity contribution in [1.29, 1.82) is 0 Å². The molecule has 0 aromatic heterocycles. The van der Waals surface area contributed by atoms with Gasteiger partial charge in [-0.25, -0.2) is 0 Å². The second-order valence-corrected chi connectivity index (χ2v) is 4.08. The molecule has 1 unspecified atom stereocenters. The van der Waals surface area contributed by atoms with Crippen molar-refractivity contribution in [1.82, 2.24) is 0 Å². The van der Waals surface area contributed by atoms with Crippen molar-refractivity contribution in [2.75, 3.05) is 13.2 Å². The number of rotatable bonds is 6. The molecule has 0 aliphatic heterocycles. The molecule has 1 aliphatic carbocycles. The largest absolute Gasteiger partial charge is 0.346 e. The second-order valence-electron chi connectivity index (χ2n) is 4.08. The topological polar surface area (TPSA) is 18.5 Å². The maximum Gasteiger partial charge on any atom is 0.192 e. The van der Waals surface area contributed by atoms with E-state index < -0.39 is 5.79 Å². The van der Waals surface area contributed by atoms with E-state index in [0.29, 0.717) is 19.1 Å². The first-order valence-electron chi connectivity index (χ1n) is 5.90. The minimum Gasteiger partial charge on any atom is -0.346 e. The van der Waals surface area contributed by atoms with Crippen molar-refractivity contribution < 1.29 is 9.47 Å². The lowest BCUT2D eigenvalue weighted by atomic mass is 9.98. The van der Waals surface area contributed by atoms with E-state index in [1.54, 1.807) is 0 Å². The van der Waals surface area contributed by atoms with Gasteiger partial charge in [0.05, 0.1) is 0 Å². The molecule has 0 bridgehead atoms. The summed E-state index contributed by atoms with van der Waals surface area (Å²) in [6.07, 6.45) is 4.71. The fourth-order valence-electron chi connectivity index (χ4n) is 2.09. The Morgan fingerprint density at radius 3 is 2.44 bits per heavy atom. The lowest BCUT2D eigenvalue weighted by molar-refractivity contribution is -0.194. The first-order chi connectivity index (χ1) is 7.58. The number of allylic oxidation sites excluding steroid dienone is 2. The summed E-state index contributed by atoms with van der Waals surface area (Å²) in [4.78, 5) is 0. The summed E-state index contributed by atoms with van der Waals surface area (Å²) in [5.74, 6) is -0.289. The number of hydrogen-bond donors (Lipinski definition) is 0. The molecule has 1 atom stereocenters. The van der Waals surface area contributed by atoms with Gasteiger partial charge in [0.1, 0.15) is 0 Å². The van der Waals surface area contributed by atoms with Crippen LogP contribution in [-0.2, 0) is 9.47 Å². The van der Waals surface area contributed by atoms with Crippen molar-refractivity contribution in [3.05, 3.63) is 36.5 Å². The van der Waals surface area contributed by atoms with E-state index in [0.717, 1.165) is 12.0 Å². The van der Waals surface area contributed by atoms with Gasteiger partial charge in [-0.15, -0.1) is 6.58 Å². The molecule has 0 heterocycles. The third-order valence-electron chi connectivity index (χ3n) is 2.86. The van der Waals surface area contributed by atoms with Gasteiger partial charge in [-0.2, -0.15) is 0 Å². The van der Waals surface area contributed by atoms with Crippen LogP contribution in [-0.4, -0.2) is 19.0 Å². The van der Waals surface area contributed by atoms with E-state index in [9.17, 15) is 0 Å². The van der Waals surface area contributed by atoms with Gasteiger partial charge in [-0.1, -0.05) is 19.6 Å². The summed E-state index contributed by atoms with van der Waals surface area (Å²) >= 11 is 0. The number of hydrogen-bond acceptors (Lipinski definition) is 2. The average molecular weight is 222 g/mol. The zero-order valence-electron chi connectivity index (χ0n) is 10.6. The van der Waals surface area contributed by atoms with Crippen LogP contribution in [0.4, 0.5) is 0 Å². The van der Waals surface area contributed by atoms with Gasteiger partial charge in [0, 0.05) is 19.6 Å². The molecule has 0 spiro atoms. The van der Waals surface area contributed by atoms with Crippen LogP contribution in [0.2, 0.25) is 0 Å². The Hall–Kier alpha value is -0.860. The monoisotopic (exact) mass is 222 g/mol. The fraction of sp³-hybridized carbons (Fsp3) is 0.571. The summed E-state index contributed by atoms with van der Waals surface area (Å²) in [6, 6.07) is 0. The minimum absolute atomic E-state index is 0.301. The summed E-state index contributed by atoms with van der Waals surface area (Å²) in [5.41, 5.74) is 2.28. The van der Waals surface area contributed by atoms with Crippen LogP contribution in [0.15, 0.2) is 36.5 Å². The molecule has 0 aromatic carbocycles. The zero-order chi connectivity index (χ0) is 12.2. The molecular formula is C14H22O2. The molecule has 2 heteroatoms. The molecule has 1 aliphatic rings. The Balaban J connectivity index is 2.94. The Kier molecular flexibility index (Phi) is 4.51. The molecular weight excluding hydrogens is 200 g/mol. The summed E-state index contributed by atoms with van der Waals surface area (Å²) in [6.45, 7) is 15.2. The molecule has 0 saturated heterocycles. The average Bonchev–Trinajstić information content (AvgIpc) is 2.56. The smallest absolute Gasteiger partial charge is 0.192 e. The first-order valence-corrected chi connectivity index (χ1v) is 5.90. The quantitative estimate of drug-likeness (QED) is 0.506. The van der Waals surface area contributed by atoms with Crippen molar-refractivity contribution in [3.63, 3.8) is 0 Å². The summed E-state index contributed by atoms with van der Waals surface area (Å²) in [5, 5.41) is 0. The van der Waals surface area contributed by atoms with E-state index in [1.165, 1.54) is 5.57 Å². The van der Waals surface area contributed by atoms with Crippen molar-refractivity contribution in [2.24, 2.45) is 5.92 Å². The molecule has 0 saturated carbocycles. The zero-order valence-corrected chi connectivity index (χ0v) is 10.6. The third kappa shape index (κ3) is 2.63. The second kappa shape index (κ2) is 5.46. The maximum absolute atomic E-state index is 5.73. The van der Waals surface area contributed by atoms with Crippen LogP contribution < -0.4 is 0 Å². The maximum atomic E-state index is 5.73. The molecule has 0 amide bonds. The first kappa shape index (κ1) is 13.2. The van der Waals surface area contributed by atoms with E-state index >= 15 is 0 Å². The standard InChI is InChI=1S/C14H22O2/c1-6-11(4)13-10-14(15-7-2,16-8-3)9-12(13)5/h6,10-11H,1,5,7-9H2,2-4H3. The van der Waals surface area contributed by atoms with Gasteiger partial charge in [-0.3, -0.25) is 0 Å². The van der Waals surface area contributed by atoms with Gasteiger partial charge in [0.25, 0.3) is 0 Å². The van der Waals surface area contributed by atoms with E-state index in [2.05, 4.69) is 26.2 Å². The van der Waals surface area contributed by atoms with Crippen LogP contribution in [0.1, 0.15) is 27.2 Å². The van der Waals surface area contributed by atoms with Crippen molar-refractivity contribution >= 4 is 0 Å². The lowest BCUT2D eigenvalue weighted by Crippen LogP contribution is -2.31. The molecule has 0 radical (unpaired) electrons. The third-order valence-corrected chi connectivity index (χ3v) is 2.86. The summed E-state index contributed by atoms with van der Waals surface area (Å²) < 4.78 is 11.5. The van der Waals surface area contributed by atoms with Crippen LogP contribution >= 0.6 is 0 Å².